The number of ether oxygens (including phenoxy) is 1. The molecule has 0 saturated heterocycles. The smallest absolute Gasteiger partial charge is 0.241 e. The minimum absolute atomic E-state index is 0.0342. The molecule has 1 unspecified atom stereocenters. The normalized spacial score (nSPS) is 12.9. The standard InChI is InChI=1S/C12H17N3O3S/c1-9(8-18-2)7-15-19(16,17)12-4-3-11(14)5-10(12)6-13/h3-5,9,15H,7-8,14H2,1-2H3. The van der Waals surface area contributed by atoms with E-state index in [9.17, 15) is 8.42 Å². The molecule has 0 bridgehead atoms. The van der Waals surface area contributed by atoms with Gasteiger partial charge in [0.1, 0.15) is 6.07 Å². The molecule has 1 rings (SSSR count). The molecule has 3 N–H and O–H groups in total. The van der Waals surface area contributed by atoms with Crippen LogP contribution in [0.4, 0.5) is 5.69 Å². The van der Waals surface area contributed by atoms with Crippen LogP contribution in [0.2, 0.25) is 0 Å². The van der Waals surface area contributed by atoms with Crippen molar-refractivity contribution in [2.45, 2.75) is 11.8 Å². The summed E-state index contributed by atoms with van der Waals surface area (Å²) in [6, 6.07) is 5.95. The number of hydrogen-bond donors (Lipinski definition) is 2. The molecule has 0 saturated carbocycles. The molecule has 0 aromatic heterocycles. The third-order valence-electron chi connectivity index (χ3n) is 2.49. The van der Waals surface area contributed by atoms with Gasteiger partial charge in [0.05, 0.1) is 10.5 Å². The van der Waals surface area contributed by atoms with Crippen molar-refractivity contribution in [3.63, 3.8) is 0 Å². The highest BCUT2D eigenvalue weighted by Crippen LogP contribution is 2.18. The van der Waals surface area contributed by atoms with E-state index in [1.54, 1.807) is 7.11 Å². The number of sulfonamides is 1. The zero-order valence-corrected chi connectivity index (χ0v) is 11.7. The van der Waals surface area contributed by atoms with Crippen LogP contribution in [-0.4, -0.2) is 28.7 Å². The molecule has 1 aromatic rings. The molecular formula is C12H17N3O3S. The monoisotopic (exact) mass is 283 g/mol. The summed E-state index contributed by atoms with van der Waals surface area (Å²) in [6.07, 6.45) is 0. The maximum atomic E-state index is 12.1. The number of benzene rings is 1. The van der Waals surface area contributed by atoms with Crippen LogP contribution in [0.1, 0.15) is 12.5 Å². The predicted octanol–water partition coefficient (Wildman–Crippen LogP) is 0.701. The molecule has 0 aliphatic heterocycles. The highest BCUT2D eigenvalue weighted by molar-refractivity contribution is 7.89. The predicted molar refractivity (Wildman–Crippen MR) is 71.8 cm³/mol. The van der Waals surface area contributed by atoms with Crippen molar-refractivity contribution < 1.29 is 13.2 Å². The van der Waals surface area contributed by atoms with Crippen molar-refractivity contribution in [2.75, 3.05) is 26.0 Å². The fourth-order valence-corrected chi connectivity index (χ4v) is 2.84. The number of hydrogen-bond acceptors (Lipinski definition) is 5. The van der Waals surface area contributed by atoms with Crippen molar-refractivity contribution in [3.8, 4) is 6.07 Å². The van der Waals surface area contributed by atoms with Gasteiger partial charge in [-0.15, -0.1) is 0 Å². The minimum atomic E-state index is -3.72. The van der Waals surface area contributed by atoms with Crippen molar-refractivity contribution in [1.82, 2.24) is 4.72 Å². The highest BCUT2D eigenvalue weighted by Gasteiger charge is 2.19. The molecule has 19 heavy (non-hydrogen) atoms. The lowest BCUT2D eigenvalue weighted by atomic mass is 10.2. The first-order valence-electron chi connectivity index (χ1n) is 5.69. The van der Waals surface area contributed by atoms with Gasteiger partial charge in [-0.25, -0.2) is 13.1 Å². The first-order chi connectivity index (χ1) is 8.90. The van der Waals surface area contributed by atoms with Crippen LogP contribution in [0.3, 0.4) is 0 Å². The number of nitrogens with two attached hydrogens (primary N) is 1. The largest absolute Gasteiger partial charge is 0.399 e. The van der Waals surface area contributed by atoms with Gasteiger partial charge in [0, 0.05) is 25.9 Å². The molecule has 0 heterocycles. The number of nitrogens with one attached hydrogen (secondary N) is 1. The van der Waals surface area contributed by atoms with Crippen molar-refractivity contribution in [3.05, 3.63) is 23.8 Å². The summed E-state index contributed by atoms with van der Waals surface area (Å²) in [5, 5.41) is 8.95. The molecule has 0 amide bonds. The third-order valence-corrected chi connectivity index (χ3v) is 3.97. The van der Waals surface area contributed by atoms with Gasteiger partial charge < -0.3 is 10.5 Å². The minimum Gasteiger partial charge on any atom is -0.399 e. The summed E-state index contributed by atoms with van der Waals surface area (Å²) in [5.41, 5.74) is 5.91. The molecule has 1 aromatic carbocycles. The lowest BCUT2D eigenvalue weighted by Gasteiger charge is -2.12. The van der Waals surface area contributed by atoms with E-state index in [4.69, 9.17) is 15.7 Å². The van der Waals surface area contributed by atoms with Gasteiger partial charge in [-0.2, -0.15) is 5.26 Å². The Morgan fingerprint density at radius 1 is 1.53 bits per heavy atom. The Balaban J connectivity index is 2.92. The van der Waals surface area contributed by atoms with E-state index < -0.39 is 10.0 Å². The topological polar surface area (TPSA) is 105 Å². The maximum Gasteiger partial charge on any atom is 0.241 e. The molecule has 0 radical (unpaired) electrons. The fraction of sp³-hybridized carbons (Fsp3) is 0.417. The number of methoxy groups -OCH3 is 1. The Morgan fingerprint density at radius 2 is 2.21 bits per heavy atom. The van der Waals surface area contributed by atoms with Crippen LogP contribution in [0.15, 0.2) is 23.1 Å². The summed E-state index contributed by atoms with van der Waals surface area (Å²) < 4.78 is 31.6. The molecule has 104 valence electrons. The Labute approximate surface area is 113 Å². The second-order valence-corrected chi connectivity index (χ2v) is 6.02. The molecule has 6 nitrogen and oxygen atoms in total. The lowest BCUT2D eigenvalue weighted by molar-refractivity contribution is 0.161. The van der Waals surface area contributed by atoms with Crippen LogP contribution in [0.25, 0.3) is 0 Å². The second kappa shape index (κ2) is 6.52. The maximum absolute atomic E-state index is 12.1. The highest BCUT2D eigenvalue weighted by atomic mass is 32.2. The summed E-state index contributed by atoms with van der Waals surface area (Å²) in [4.78, 5) is -0.0613. The van der Waals surface area contributed by atoms with Crippen molar-refractivity contribution in [1.29, 1.82) is 5.26 Å². The van der Waals surface area contributed by atoms with Gasteiger partial charge in [0.2, 0.25) is 10.0 Å². The van der Waals surface area contributed by atoms with E-state index >= 15 is 0 Å². The van der Waals surface area contributed by atoms with Gasteiger partial charge in [0.25, 0.3) is 0 Å². The summed E-state index contributed by atoms with van der Waals surface area (Å²) in [6.45, 7) is 2.56. The van der Waals surface area contributed by atoms with E-state index in [2.05, 4.69) is 4.72 Å². The van der Waals surface area contributed by atoms with Crippen LogP contribution in [0.5, 0.6) is 0 Å². The fourth-order valence-electron chi connectivity index (χ4n) is 1.54. The Morgan fingerprint density at radius 3 is 2.79 bits per heavy atom. The van der Waals surface area contributed by atoms with Gasteiger partial charge >= 0.3 is 0 Å². The SMILES string of the molecule is COCC(C)CNS(=O)(=O)c1ccc(N)cc1C#N. The van der Waals surface area contributed by atoms with Crippen molar-refractivity contribution in [2.24, 2.45) is 5.92 Å². The van der Waals surface area contributed by atoms with E-state index in [0.29, 0.717) is 12.3 Å². The van der Waals surface area contributed by atoms with Crippen LogP contribution >= 0.6 is 0 Å². The first kappa shape index (κ1) is 15.4. The van der Waals surface area contributed by atoms with Crippen molar-refractivity contribution >= 4 is 15.7 Å². The van der Waals surface area contributed by atoms with Gasteiger partial charge in [-0.05, 0) is 24.1 Å². The Hall–Kier alpha value is -1.62. The average Bonchev–Trinajstić information content (AvgIpc) is 2.36. The number of nitriles is 1. The number of nitrogen functional groups attached to an aromatic ring is 1. The third kappa shape index (κ3) is 4.21. The Bertz CT molecular complexity index is 578. The second-order valence-electron chi connectivity index (χ2n) is 4.28. The van der Waals surface area contributed by atoms with E-state index in [-0.39, 0.29) is 22.9 Å². The van der Waals surface area contributed by atoms with Crippen LogP contribution in [0, 0.1) is 17.2 Å². The number of rotatable bonds is 6. The zero-order valence-electron chi connectivity index (χ0n) is 10.9. The van der Waals surface area contributed by atoms with Gasteiger partial charge in [0.15, 0.2) is 0 Å². The van der Waals surface area contributed by atoms with E-state index in [0.717, 1.165) is 0 Å². The van der Waals surface area contributed by atoms with E-state index in [1.807, 2.05) is 13.0 Å². The molecule has 1 atom stereocenters. The zero-order chi connectivity index (χ0) is 14.5. The van der Waals surface area contributed by atoms with Crippen LogP contribution < -0.4 is 10.5 Å². The molecule has 0 aliphatic rings. The molecular weight excluding hydrogens is 266 g/mol. The quantitative estimate of drug-likeness (QED) is 0.748. The van der Waals surface area contributed by atoms with Gasteiger partial charge in [-0.3, -0.25) is 0 Å². The molecule has 0 fully saturated rings. The Kier molecular flexibility index (Phi) is 5.30. The molecule has 7 heteroatoms. The van der Waals surface area contributed by atoms with Crippen LogP contribution in [-0.2, 0) is 14.8 Å². The molecule has 0 spiro atoms. The number of nitrogens with zero attached hydrogens (tertiary/aromatic N) is 1. The summed E-state index contributed by atoms with van der Waals surface area (Å²) in [5.74, 6) is 0.0408. The number of anilines is 1. The lowest BCUT2D eigenvalue weighted by Crippen LogP contribution is -2.30. The first-order valence-corrected chi connectivity index (χ1v) is 7.17. The summed E-state index contributed by atoms with van der Waals surface area (Å²) >= 11 is 0. The van der Waals surface area contributed by atoms with E-state index in [1.165, 1.54) is 18.2 Å². The average molecular weight is 283 g/mol. The summed E-state index contributed by atoms with van der Waals surface area (Å²) in [7, 11) is -2.16. The van der Waals surface area contributed by atoms with Gasteiger partial charge in [-0.1, -0.05) is 6.92 Å². The molecule has 0 aliphatic carbocycles.